The van der Waals surface area contributed by atoms with Gasteiger partial charge in [-0.2, -0.15) is 0 Å². The number of rotatable bonds is 14. The van der Waals surface area contributed by atoms with Crippen molar-refractivity contribution in [2.24, 2.45) is 5.92 Å². The van der Waals surface area contributed by atoms with E-state index < -0.39 is 21.9 Å². The second-order valence-corrected chi connectivity index (χ2v) is 9.87. The highest BCUT2D eigenvalue weighted by Crippen LogP contribution is 2.13. The van der Waals surface area contributed by atoms with Gasteiger partial charge in [-0.3, -0.25) is 9.59 Å². The standard InChI is InChI=1S/C25H33N3O7S/c1-4-6-7-18(3)17-35-25(31)22-13-10-20(16-27-22)24(30)28-36(32,33)21-11-8-19(9-12-21)23(29)26-14-15-34-5-2/h8-13,16,18H,4-7,14-15,17H2,1-3H3,(H,26,29)(H,28,30). The number of pyridine rings is 1. The first-order chi connectivity index (χ1) is 17.2. The molecule has 0 bridgehead atoms. The predicted molar refractivity (Wildman–Crippen MR) is 133 cm³/mol. The minimum absolute atomic E-state index is 0.0206. The van der Waals surface area contributed by atoms with E-state index in [4.69, 9.17) is 9.47 Å². The lowest BCUT2D eigenvalue weighted by atomic mass is 10.1. The number of carbonyl (C=O) groups excluding carboxylic acids is 3. The van der Waals surface area contributed by atoms with E-state index in [2.05, 4.69) is 17.2 Å². The zero-order chi connectivity index (χ0) is 26.6. The van der Waals surface area contributed by atoms with Crippen molar-refractivity contribution in [3.05, 3.63) is 59.4 Å². The summed E-state index contributed by atoms with van der Waals surface area (Å²) < 4.78 is 37.5. The summed E-state index contributed by atoms with van der Waals surface area (Å²) in [6.07, 6.45) is 4.18. The molecule has 1 aromatic heterocycles. The van der Waals surface area contributed by atoms with Gasteiger partial charge < -0.3 is 14.8 Å². The van der Waals surface area contributed by atoms with Gasteiger partial charge in [0.2, 0.25) is 0 Å². The maximum Gasteiger partial charge on any atom is 0.356 e. The Bertz CT molecular complexity index is 1120. The van der Waals surface area contributed by atoms with Crippen molar-refractivity contribution >= 4 is 27.8 Å². The second kappa shape index (κ2) is 14.3. The normalized spacial score (nSPS) is 12.0. The van der Waals surface area contributed by atoms with E-state index in [0.29, 0.717) is 19.8 Å². The summed E-state index contributed by atoms with van der Waals surface area (Å²) >= 11 is 0. The molecule has 1 aromatic carbocycles. The van der Waals surface area contributed by atoms with Crippen LogP contribution in [0.2, 0.25) is 0 Å². The molecule has 196 valence electrons. The van der Waals surface area contributed by atoms with Crippen LogP contribution in [-0.2, 0) is 19.5 Å². The van der Waals surface area contributed by atoms with Crippen molar-refractivity contribution in [1.82, 2.24) is 15.0 Å². The third-order valence-corrected chi connectivity index (χ3v) is 6.52. The Morgan fingerprint density at radius 3 is 2.31 bits per heavy atom. The van der Waals surface area contributed by atoms with Crippen LogP contribution in [0.4, 0.5) is 0 Å². The van der Waals surface area contributed by atoms with Crippen molar-refractivity contribution in [3.63, 3.8) is 0 Å². The number of esters is 1. The number of aromatic nitrogens is 1. The van der Waals surface area contributed by atoms with Gasteiger partial charge in [0.15, 0.2) is 0 Å². The van der Waals surface area contributed by atoms with Crippen molar-refractivity contribution in [1.29, 1.82) is 0 Å². The van der Waals surface area contributed by atoms with E-state index in [1.807, 2.05) is 18.6 Å². The highest BCUT2D eigenvalue weighted by molar-refractivity contribution is 7.90. The molecular weight excluding hydrogens is 486 g/mol. The summed E-state index contributed by atoms with van der Waals surface area (Å²) in [6.45, 7) is 7.44. The molecule has 0 aliphatic rings. The minimum Gasteiger partial charge on any atom is -0.461 e. The lowest BCUT2D eigenvalue weighted by molar-refractivity contribution is 0.0435. The highest BCUT2D eigenvalue weighted by Gasteiger charge is 2.20. The number of nitrogens with zero attached hydrogens (tertiary/aromatic N) is 1. The van der Waals surface area contributed by atoms with Gasteiger partial charge in [0.1, 0.15) is 5.69 Å². The summed E-state index contributed by atoms with van der Waals surface area (Å²) in [7, 11) is -4.20. The molecule has 2 aromatic rings. The molecule has 36 heavy (non-hydrogen) atoms. The largest absolute Gasteiger partial charge is 0.461 e. The van der Waals surface area contributed by atoms with Crippen molar-refractivity contribution in [3.8, 4) is 0 Å². The molecule has 0 saturated carbocycles. The SMILES string of the molecule is CCCCC(C)COC(=O)c1ccc(C(=O)NS(=O)(=O)c2ccc(C(=O)NCCOCC)cc2)cn1. The maximum atomic E-state index is 12.6. The number of ether oxygens (including phenoxy) is 2. The fourth-order valence-corrected chi connectivity index (χ4v) is 4.06. The number of hydrogen-bond acceptors (Lipinski definition) is 8. The molecule has 2 N–H and O–H groups in total. The molecule has 1 unspecified atom stereocenters. The first-order valence-corrected chi connectivity index (χ1v) is 13.3. The second-order valence-electron chi connectivity index (χ2n) is 8.19. The number of benzene rings is 1. The summed E-state index contributed by atoms with van der Waals surface area (Å²) in [6, 6.07) is 7.75. The van der Waals surface area contributed by atoms with Gasteiger partial charge in [-0.15, -0.1) is 0 Å². The monoisotopic (exact) mass is 519 g/mol. The van der Waals surface area contributed by atoms with Gasteiger partial charge in [0.25, 0.3) is 21.8 Å². The summed E-state index contributed by atoms with van der Waals surface area (Å²) in [5, 5.41) is 2.66. The molecule has 0 aliphatic heterocycles. The van der Waals surface area contributed by atoms with Crippen LogP contribution in [0.5, 0.6) is 0 Å². The van der Waals surface area contributed by atoms with E-state index in [9.17, 15) is 22.8 Å². The number of unbranched alkanes of at least 4 members (excludes halogenated alkanes) is 1. The van der Waals surface area contributed by atoms with Crippen LogP contribution in [0.15, 0.2) is 47.5 Å². The zero-order valence-corrected chi connectivity index (χ0v) is 21.6. The van der Waals surface area contributed by atoms with Gasteiger partial charge in [-0.05, 0) is 55.7 Å². The molecule has 1 heterocycles. The maximum absolute atomic E-state index is 12.6. The van der Waals surface area contributed by atoms with Crippen LogP contribution in [0, 0.1) is 5.92 Å². The number of hydrogen-bond donors (Lipinski definition) is 2. The minimum atomic E-state index is -4.20. The number of nitrogens with one attached hydrogen (secondary N) is 2. The van der Waals surface area contributed by atoms with Crippen molar-refractivity contribution < 1.29 is 32.3 Å². The molecule has 0 aliphatic carbocycles. The van der Waals surface area contributed by atoms with Crippen LogP contribution >= 0.6 is 0 Å². The van der Waals surface area contributed by atoms with Gasteiger partial charge in [0.05, 0.1) is 23.7 Å². The lowest BCUT2D eigenvalue weighted by Crippen LogP contribution is -2.31. The van der Waals surface area contributed by atoms with Gasteiger partial charge in [-0.1, -0.05) is 26.7 Å². The van der Waals surface area contributed by atoms with Crippen molar-refractivity contribution in [2.75, 3.05) is 26.4 Å². The summed E-state index contributed by atoms with van der Waals surface area (Å²) in [4.78, 5) is 40.5. The highest BCUT2D eigenvalue weighted by atomic mass is 32.2. The van der Waals surface area contributed by atoms with E-state index in [-0.39, 0.29) is 40.1 Å². The smallest absolute Gasteiger partial charge is 0.356 e. The van der Waals surface area contributed by atoms with Crippen molar-refractivity contribution in [2.45, 2.75) is 44.9 Å². The quantitative estimate of drug-likeness (QED) is 0.287. The molecule has 0 radical (unpaired) electrons. The lowest BCUT2D eigenvalue weighted by Gasteiger charge is -2.11. The molecule has 2 rings (SSSR count). The third kappa shape index (κ3) is 9.04. The Morgan fingerprint density at radius 2 is 1.69 bits per heavy atom. The van der Waals surface area contributed by atoms with Gasteiger partial charge in [0, 0.05) is 24.9 Å². The van der Waals surface area contributed by atoms with Crippen LogP contribution < -0.4 is 10.0 Å². The van der Waals surface area contributed by atoms with Crippen LogP contribution in [0.3, 0.4) is 0 Å². The van der Waals surface area contributed by atoms with E-state index in [1.165, 1.54) is 36.4 Å². The van der Waals surface area contributed by atoms with Crippen LogP contribution in [0.25, 0.3) is 0 Å². The Hall–Kier alpha value is -3.31. The fourth-order valence-electron chi connectivity index (χ4n) is 3.09. The number of amides is 2. The van der Waals surface area contributed by atoms with E-state index in [0.717, 1.165) is 25.5 Å². The van der Waals surface area contributed by atoms with E-state index >= 15 is 0 Å². The molecular formula is C25H33N3O7S. The molecule has 0 fully saturated rings. The topological polar surface area (TPSA) is 141 Å². The Kier molecular flexibility index (Phi) is 11.5. The third-order valence-electron chi connectivity index (χ3n) is 5.17. The van der Waals surface area contributed by atoms with E-state index in [1.54, 1.807) is 0 Å². The number of carbonyl (C=O) groups is 3. The van der Waals surface area contributed by atoms with Gasteiger partial charge in [-0.25, -0.2) is 22.9 Å². The first-order valence-electron chi connectivity index (χ1n) is 11.8. The molecule has 0 spiro atoms. The van der Waals surface area contributed by atoms with Crippen LogP contribution in [0.1, 0.15) is 71.2 Å². The summed E-state index contributed by atoms with van der Waals surface area (Å²) in [5.41, 5.74) is 0.243. The predicted octanol–water partition coefficient (Wildman–Crippen LogP) is 2.95. The number of sulfonamides is 1. The Balaban J connectivity index is 1.94. The Morgan fingerprint density at radius 1 is 1.00 bits per heavy atom. The molecule has 2 amide bonds. The average molecular weight is 520 g/mol. The fraction of sp³-hybridized carbons (Fsp3) is 0.440. The zero-order valence-electron chi connectivity index (χ0n) is 20.8. The van der Waals surface area contributed by atoms with Gasteiger partial charge >= 0.3 is 5.97 Å². The summed E-state index contributed by atoms with van der Waals surface area (Å²) in [5.74, 6) is -1.66. The molecule has 0 saturated heterocycles. The Labute approximate surface area is 211 Å². The molecule has 10 nitrogen and oxygen atoms in total. The molecule has 1 atom stereocenters. The first kappa shape index (κ1) is 28.9. The van der Waals surface area contributed by atoms with Crippen LogP contribution in [-0.4, -0.2) is 57.6 Å². The average Bonchev–Trinajstić information content (AvgIpc) is 2.88. The molecule has 11 heteroatoms.